The van der Waals surface area contributed by atoms with Gasteiger partial charge in [-0.25, -0.2) is 0 Å². The van der Waals surface area contributed by atoms with Crippen molar-refractivity contribution in [3.05, 3.63) is 59.2 Å². The summed E-state index contributed by atoms with van der Waals surface area (Å²) in [4.78, 5) is 26.5. The monoisotopic (exact) mass is 366 g/mol. The van der Waals surface area contributed by atoms with E-state index in [-0.39, 0.29) is 18.4 Å². The maximum absolute atomic E-state index is 12.6. The van der Waals surface area contributed by atoms with E-state index in [0.29, 0.717) is 17.8 Å². The van der Waals surface area contributed by atoms with Gasteiger partial charge in [-0.2, -0.15) is 0 Å². The molecule has 0 fully saturated rings. The Bertz CT molecular complexity index is 815. The molecule has 142 valence electrons. The number of amides is 2. The van der Waals surface area contributed by atoms with Gasteiger partial charge < -0.3 is 15.0 Å². The van der Waals surface area contributed by atoms with Gasteiger partial charge >= 0.3 is 0 Å². The fourth-order valence-electron chi connectivity index (χ4n) is 3.14. The van der Waals surface area contributed by atoms with Gasteiger partial charge in [-0.15, -0.1) is 0 Å². The molecule has 0 saturated carbocycles. The lowest BCUT2D eigenvalue weighted by molar-refractivity contribution is -0.117. The normalized spacial score (nSPS) is 13.8. The molecule has 1 heterocycles. The first-order chi connectivity index (χ1) is 13.1. The number of hydrogen-bond donors (Lipinski definition) is 1. The first-order valence-corrected chi connectivity index (χ1v) is 9.49. The Kier molecular flexibility index (Phi) is 6.12. The number of carbonyl (C=O) groups excluding carboxylic acids is 2. The van der Waals surface area contributed by atoms with E-state index in [0.717, 1.165) is 29.9 Å². The van der Waals surface area contributed by atoms with E-state index < -0.39 is 0 Å². The average molecular weight is 366 g/mol. The number of nitrogens with zero attached hydrogens (tertiary/aromatic N) is 1. The van der Waals surface area contributed by atoms with Crippen LogP contribution in [0.25, 0.3) is 0 Å². The number of ether oxygens (including phenoxy) is 1. The van der Waals surface area contributed by atoms with E-state index in [9.17, 15) is 9.59 Å². The molecule has 0 radical (unpaired) electrons. The summed E-state index contributed by atoms with van der Waals surface area (Å²) < 4.78 is 5.74. The zero-order chi connectivity index (χ0) is 19.2. The van der Waals surface area contributed by atoms with Gasteiger partial charge in [0.2, 0.25) is 5.91 Å². The maximum atomic E-state index is 12.6. The quantitative estimate of drug-likeness (QED) is 0.758. The summed E-state index contributed by atoms with van der Waals surface area (Å²) in [5.41, 5.74) is 3.17. The minimum Gasteiger partial charge on any atom is -0.494 e. The summed E-state index contributed by atoms with van der Waals surface area (Å²) in [5.74, 6) is 0.510. The van der Waals surface area contributed by atoms with Crippen molar-refractivity contribution in [2.45, 2.75) is 39.7 Å². The number of carbonyl (C=O) groups is 2. The highest BCUT2D eigenvalue weighted by atomic mass is 16.5. The van der Waals surface area contributed by atoms with Gasteiger partial charge in [-0.1, -0.05) is 43.5 Å². The number of nitrogens with one attached hydrogen (secondary N) is 1. The molecule has 2 amide bonds. The molecule has 0 bridgehead atoms. The van der Waals surface area contributed by atoms with Crippen molar-refractivity contribution in [1.82, 2.24) is 5.32 Å². The van der Waals surface area contributed by atoms with Crippen LogP contribution in [-0.4, -0.2) is 25.0 Å². The van der Waals surface area contributed by atoms with Crippen LogP contribution < -0.4 is 15.0 Å². The number of unbranched alkanes of at least 4 members (excludes halogenated alkanes) is 2. The highest BCUT2D eigenvalue weighted by Gasteiger charge is 2.26. The molecule has 3 rings (SSSR count). The number of hydrogen-bond acceptors (Lipinski definition) is 3. The van der Waals surface area contributed by atoms with E-state index in [2.05, 4.69) is 12.2 Å². The van der Waals surface area contributed by atoms with Crippen molar-refractivity contribution >= 4 is 17.5 Å². The summed E-state index contributed by atoms with van der Waals surface area (Å²) in [5, 5.41) is 2.69. The molecule has 0 spiro atoms. The number of aryl methyl sites for hydroxylation is 1. The van der Waals surface area contributed by atoms with E-state index in [4.69, 9.17) is 4.74 Å². The Morgan fingerprint density at radius 2 is 1.85 bits per heavy atom. The molecule has 1 aliphatic heterocycles. The predicted molar refractivity (Wildman–Crippen MR) is 106 cm³/mol. The van der Waals surface area contributed by atoms with Crippen LogP contribution in [0.1, 0.15) is 47.7 Å². The molecule has 1 N–H and O–H groups in total. The SMILES string of the molecule is CCCCCOc1ccc(CN2C(=O)CNC(=O)c3cc(C)ccc32)cc1. The van der Waals surface area contributed by atoms with E-state index in [1.54, 1.807) is 4.90 Å². The first kappa shape index (κ1) is 19.0. The Labute approximate surface area is 160 Å². The standard InChI is InChI=1S/C22H26N2O3/c1-3-4-5-12-27-18-9-7-17(8-10-18)15-24-20-11-6-16(2)13-19(20)22(26)23-14-21(24)25/h6-11,13H,3-5,12,14-15H2,1-2H3,(H,23,26). The second kappa shape index (κ2) is 8.71. The molecule has 0 atom stereocenters. The van der Waals surface area contributed by atoms with Crippen LogP contribution in [0.4, 0.5) is 5.69 Å². The Hall–Kier alpha value is -2.82. The summed E-state index contributed by atoms with van der Waals surface area (Å²) in [6, 6.07) is 13.4. The van der Waals surface area contributed by atoms with Crippen molar-refractivity contribution < 1.29 is 14.3 Å². The molecular weight excluding hydrogens is 340 g/mol. The average Bonchev–Trinajstić information content (AvgIpc) is 2.78. The zero-order valence-electron chi connectivity index (χ0n) is 16.0. The summed E-state index contributed by atoms with van der Waals surface area (Å²) in [6.45, 7) is 5.24. The molecule has 1 aliphatic rings. The van der Waals surface area contributed by atoms with Gasteiger partial charge in [0, 0.05) is 0 Å². The van der Waals surface area contributed by atoms with Crippen LogP contribution >= 0.6 is 0 Å². The van der Waals surface area contributed by atoms with Gasteiger partial charge in [0.1, 0.15) is 5.75 Å². The van der Waals surface area contributed by atoms with Crippen molar-refractivity contribution in [1.29, 1.82) is 0 Å². The third kappa shape index (κ3) is 4.67. The number of rotatable bonds is 7. The van der Waals surface area contributed by atoms with Crippen LogP contribution in [0.5, 0.6) is 5.75 Å². The lowest BCUT2D eigenvalue weighted by atomic mass is 10.1. The molecular formula is C22H26N2O3. The van der Waals surface area contributed by atoms with Crippen LogP contribution in [0, 0.1) is 6.92 Å². The molecule has 5 nitrogen and oxygen atoms in total. The molecule has 0 saturated heterocycles. The van der Waals surface area contributed by atoms with E-state index >= 15 is 0 Å². The summed E-state index contributed by atoms with van der Waals surface area (Å²) in [6.07, 6.45) is 3.39. The van der Waals surface area contributed by atoms with Crippen LogP contribution in [-0.2, 0) is 11.3 Å². The highest BCUT2D eigenvalue weighted by Crippen LogP contribution is 2.26. The second-order valence-corrected chi connectivity index (χ2v) is 6.88. The predicted octanol–water partition coefficient (Wildman–Crippen LogP) is 3.84. The minimum absolute atomic E-state index is 0.00514. The summed E-state index contributed by atoms with van der Waals surface area (Å²) >= 11 is 0. The molecule has 2 aromatic rings. The third-order valence-corrected chi connectivity index (χ3v) is 4.67. The Balaban J connectivity index is 1.75. The first-order valence-electron chi connectivity index (χ1n) is 9.49. The lowest BCUT2D eigenvalue weighted by Gasteiger charge is -2.22. The fourth-order valence-corrected chi connectivity index (χ4v) is 3.14. The lowest BCUT2D eigenvalue weighted by Crippen LogP contribution is -2.36. The molecule has 0 aliphatic carbocycles. The van der Waals surface area contributed by atoms with Crippen molar-refractivity contribution in [2.24, 2.45) is 0 Å². The van der Waals surface area contributed by atoms with Crippen molar-refractivity contribution in [3.8, 4) is 5.75 Å². The van der Waals surface area contributed by atoms with Gasteiger partial charge in [-0.3, -0.25) is 9.59 Å². The molecule has 5 heteroatoms. The molecule has 2 aromatic carbocycles. The molecule has 0 unspecified atom stereocenters. The smallest absolute Gasteiger partial charge is 0.253 e. The minimum atomic E-state index is -0.208. The zero-order valence-corrected chi connectivity index (χ0v) is 16.0. The van der Waals surface area contributed by atoms with Crippen molar-refractivity contribution in [3.63, 3.8) is 0 Å². The number of anilines is 1. The van der Waals surface area contributed by atoms with Crippen LogP contribution in [0.2, 0.25) is 0 Å². The largest absolute Gasteiger partial charge is 0.494 e. The Morgan fingerprint density at radius 1 is 1.07 bits per heavy atom. The van der Waals surface area contributed by atoms with E-state index in [1.165, 1.54) is 12.8 Å². The van der Waals surface area contributed by atoms with Crippen LogP contribution in [0.15, 0.2) is 42.5 Å². The summed E-state index contributed by atoms with van der Waals surface area (Å²) in [7, 11) is 0. The number of fused-ring (bicyclic) bond motifs is 1. The third-order valence-electron chi connectivity index (χ3n) is 4.67. The molecule has 0 aromatic heterocycles. The van der Waals surface area contributed by atoms with Gasteiger partial charge in [-0.05, 0) is 43.2 Å². The number of benzene rings is 2. The van der Waals surface area contributed by atoms with E-state index in [1.807, 2.05) is 49.4 Å². The van der Waals surface area contributed by atoms with Gasteiger partial charge in [0.05, 0.1) is 30.9 Å². The van der Waals surface area contributed by atoms with Crippen LogP contribution in [0.3, 0.4) is 0 Å². The topological polar surface area (TPSA) is 58.6 Å². The van der Waals surface area contributed by atoms with Gasteiger partial charge in [0.15, 0.2) is 0 Å². The highest BCUT2D eigenvalue weighted by molar-refractivity contribution is 6.09. The fraction of sp³-hybridized carbons (Fsp3) is 0.364. The molecule has 27 heavy (non-hydrogen) atoms. The second-order valence-electron chi connectivity index (χ2n) is 6.88. The van der Waals surface area contributed by atoms with Gasteiger partial charge in [0.25, 0.3) is 5.91 Å². The Morgan fingerprint density at radius 3 is 2.59 bits per heavy atom. The maximum Gasteiger partial charge on any atom is 0.253 e. The van der Waals surface area contributed by atoms with Crippen molar-refractivity contribution in [2.75, 3.05) is 18.1 Å².